The highest BCUT2D eigenvalue weighted by molar-refractivity contribution is 5.89. The molecular formula is C21H22FN3O3. The van der Waals surface area contributed by atoms with E-state index in [0.29, 0.717) is 44.1 Å². The van der Waals surface area contributed by atoms with Gasteiger partial charge in [-0.2, -0.15) is 0 Å². The number of halogens is 1. The van der Waals surface area contributed by atoms with Crippen LogP contribution in [0.15, 0.2) is 36.4 Å². The van der Waals surface area contributed by atoms with Crippen molar-refractivity contribution in [2.24, 2.45) is 0 Å². The number of nitrogens with zero attached hydrogens (tertiary/aromatic N) is 3. The van der Waals surface area contributed by atoms with E-state index in [4.69, 9.17) is 15.4 Å². The Morgan fingerprint density at radius 2 is 2.04 bits per heavy atom. The summed E-state index contributed by atoms with van der Waals surface area (Å²) in [4.78, 5) is 19.0. The molecule has 1 fully saturated rings. The van der Waals surface area contributed by atoms with E-state index >= 15 is 0 Å². The maximum Gasteiger partial charge on any atom is 0.340 e. The van der Waals surface area contributed by atoms with Gasteiger partial charge in [0.1, 0.15) is 11.6 Å². The number of ether oxygens (including phenoxy) is 2. The number of hydrogen-bond donors (Lipinski definition) is 0. The molecule has 146 valence electrons. The number of benzene rings is 2. The third-order valence-corrected chi connectivity index (χ3v) is 4.74. The summed E-state index contributed by atoms with van der Waals surface area (Å²) in [7, 11) is -1.41. The summed E-state index contributed by atoms with van der Waals surface area (Å²) in [5.41, 5.74) is 1.57. The number of carbonyl (C=O) groups is 1. The zero-order valence-electron chi connectivity index (χ0n) is 18.4. The molecule has 0 aromatic heterocycles. The second kappa shape index (κ2) is 8.72. The second-order valence-corrected chi connectivity index (χ2v) is 6.43. The van der Waals surface area contributed by atoms with Gasteiger partial charge in [0, 0.05) is 32.7 Å². The van der Waals surface area contributed by atoms with Crippen molar-refractivity contribution in [3.63, 3.8) is 0 Å². The van der Waals surface area contributed by atoms with E-state index in [1.807, 2.05) is 4.90 Å². The lowest BCUT2D eigenvalue weighted by atomic mass is 10.1. The van der Waals surface area contributed by atoms with E-state index in [0.717, 1.165) is 5.56 Å². The maximum atomic E-state index is 14.2. The zero-order chi connectivity index (χ0) is 22.6. The molecule has 1 saturated heterocycles. The molecule has 0 amide bonds. The van der Waals surface area contributed by atoms with Gasteiger partial charge in [-0.05, 0) is 29.8 Å². The van der Waals surface area contributed by atoms with Crippen molar-refractivity contribution in [2.45, 2.75) is 6.54 Å². The number of hydrogen-bond acceptors (Lipinski definition) is 5. The minimum atomic E-state index is -2.61. The molecule has 6 nitrogen and oxygen atoms in total. The fourth-order valence-corrected chi connectivity index (χ4v) is 3.25. The number of piperazine rings is 1. The van der Waals surface area contributed by atoms with Crippen molar-refractivity contribution in [2.75, 3.05) is 45.2 Å². The minimum Gasteiger partial charge on any atom is -0.496 e. The van der Waals surface area contributed by atoms with Crippen LogP contribution in [-0.2, 0) is 11.3 Å². The van der Waals surface area contributed by atoms with Gasteiger partial charge in [-0.1, -0.05) is 12.1 Å². The van der Waals surface area contributed by atoms with Gasteiger partial charge in [0.05, 0.1) is 36.1 Å². The van der Waals surface area contributed by atoms with Crippen molar-refractivity contribution in [1.82, 2.24) is 4.90 Å². The second-order valence-electron chi connectivity index (χ2n) is 6.43. The first kappa shape index (κ1) is 15.9. The largest absolute Gasteiger partial charge is 0.496 e. The van der Waals surface area contributed by atoms with Gasteiger partial charge in [-0.15, -0.1) is 0 Å². The van der Waals surface area contributed by atoms with Crippen LogP contribution >= 0.6 is 0 Å². The molecule has 0 radical (unpaired) electrons. The van der Waals surface area contributed by atoms with E-state index < -0.39 is 18.8 Å². The van der Waals surface area contributed by atoms with Crippen LogP contribution in [0.25, 0.3) is 4.85 Å². The van der Waals surface area contributed by atoms with E-state index in [1.165, 1.54) is 25.3 Å². The molecule has 28 heavy (non-hydrogen) atoms. The summed E-state index contributed by atoms with van der Waals surface area (Å²) in [6.45, 7) is 10.2. The van der Waals surface area contributed by atoms with Gasteiger partial charge >= 0.3 is 5.97 Å². The third-order valence-electron chi connectivity index (χ3n) is 4.74. The Labute approximate surface area is 168 Å². The van der Waals surface area contributed by atoms with Crippen LogP contribution in [0.5, 0.6) is 5.75 Å². The predicted octanol–water partition coefficient (Wildman–Crippen LogP) is 3.49. The highest BCUT2D eigenvalue weighted by Gasteiger charge is 2.21. The molecule has 0 saturated carbocycles. The summed E-state index contributed by atoms with van der Waals surface area (Å²) in [5, 5.41) is 0. The van der Waals surface area contributed by atoms with Crippen LogP contribution in [0, 0.1) is 12.4 Å². The first-order chi connectivity index (χ1) is 14.7. The van der Waals surface area contributed by atoms with Crippen LogP contribution in [0.4, 0.5) is 15.8 Å². The molecule has 2 aromatic carbocycles. The normalized spacial score (nSPS) is 16.5. The standard InChI is InChI=1S/C21H22FN3O3/c1-23-16-5-7-19(20(13-16)27-2)25-10-8-24(9-11-25)14-15-4-6-17(18(22)12-15)21(26)28-3/h4-7,12-13H,8-11,14H2,2-3H3/i2D3. The first-order valence-corrected chi connectivity index (χ1v) is 8.75. The van der Waals surface area contributed by atoms with E-state index in [9.17, 15) is 9.18 Å². The van der Waals surface area contributed by atoms with Crippen LogP contribution in [0.2, 0.25) is 0 Å². The van der Waals surface area contributed by atoms with Crippen LogP contribution in [-0.4, -0.2) is 51.2 Å². The quantitative estimate of drug-likeness (QED) is 0.582. The third kappa shape index (κ3) is 4.24. The molecule has 7 heteroatoms. The Bertz CT molecular complexity index is 1000. The predicted molar refractivity (Wildman–Crippen MR) is 104 cm³/mol. The van der Waals surface area contributed by atoms with Crippen molar-refractivity contribution in [3.05, 3.63) is 64.8 Å². The molecule has 3 rings (SSSR count). The van der Waals surface area contributed by atoms with Gasteiger partial charge in [-0.25, -0.2) is 14.0 Å². The minimum absolute atomic E-state index is 0.0966. The lowest BCUT2D eigenvalue weighted by molar-refractivity contribution is 0.0595. The smallest absolute Gasteiger partial charge is 0.340 e. The molecule has 0 N–H and O–H groups in total. The molecule has 1 aliphatic rings. The molecule has 1 heterocycles. The number of esters is 1. The van der Waals surface area contributed by atoms with Crippen LogP contribution < -0.4 is 9.64 Å². The average molecular weight is 386 g/mol. The fourth-order valence-electron chi connectivity index (χ4n) is 3.25. The number of carbonyl (C=O) groups excluding carboxylic acids is 1. The van der Waals surface area contributed by atoms with Crippen molar-refractivity contribution >= 4 is 17.3 Å². The molecule has 0 spiro atoms. The molecule has 0 unspecified atom stereocenters. The fraction of sp³-hybridized carbons (Fsp3) is 0.333. The molecule has 1 aliphatic heterocycles. The molecule has 0 atom stereocenters. The first-order valence-electron chi connectivity index (χ1n) is 10.2. The molecule has 2 aromatic rings. The van der Waals surface area contributed by atoms with Crippen molar-refractivity contribution in [3.8, 4) is 5.75 Å². The zero-order valence-corrected chi connectivity index (χ0v) is 15.4. The average Bonchev–Trinajstić information content (AvgIpc) is 2.73. The SMILES string of the molecule is [2H]C([2H])([2H])Oc1cc([N+]#[C-])ccc1N1CCN(Cc2ccc(C(=O)OC)c(F)c2)CC1. The van der Waals surface area contributed by atoms with Gasteiger partial charge in [0.25, 0.3) is 0 Å². The van der Waals surface area contributed by atoms with Gasteiger partial charge < -0.3 is 14.4 Å². The Morgan fingerprint density at radius 3 is 2.68 bits per heavy atom. The Kier molecular flexibility index (Phi) is 4.95. The maximum absolute atomic E-state index is 14.2. The van der Waals surface area contributed by atoms with Gasteiger partial charge in [0.15, 0.2) is 5.69 Å². The molecule has 0 bridgehead atoms. The number of anilines is 1. The Balaban J connectivity index is 1.67. The summed E-state index contributed by atoms with van der Waals surface area (Å²) < 4.78 is 46.0. The summed E-state index contributed by atoms with van der Waals surface area (Å²) >= 11 is 0. The summed E-state index contributed by atoms with van der Waals surface area (Å²) in [5.74, 6) is -1.17. The van der Waals surface area contributed by atoms with Crippen molar-refractivity contribution in [1.29, 1.82) is 0 Å². The number of methoxy groups -OCH3 is 2. The number of rotatable bonds is 5. The topological polar surface area (TPSA) is 46.4 Å². The van der Waals surface area contributed by atoms with Gasteiger partial charge in [0.2, 0.25) is 0 Å². The molecule has 0 aliphatic carbocycles. The highest BCUT2D eigenvalue weighted by Crippen LogP contribution is 2.33. The van der Waals surface area contributed by atoms with E-state index in [-0.39, 0.29) is 11.3 Å². The van der Waals surface area contributed by atoms with Gasteiger partial charge in [-0.3, -0.25) is 4.90 Å². The Hall–Kier alpha value is -3.11. The summed E-state index contributed by atoms with van der Waals surface area (Å²) in [6, 6.07) is 9.23. The van der Waals surface area contributed by atoms with E-state index in [1.54, 1.807) is 18.2 Å². The lowest BCUT2D eigenvalue weighted by Gasteiger charge is -2.36. The van der Waals surface area contributed by atoms with Crippen molar-refractivity contribution < 1.29 is 22.8 Å². The molecular weight excluding hydrogens is 361 g/mol. The van der Waals surface area contributed by atoms with E-state index in [2.05, 4.69) is 14.5 Å². The van der Waals surface area contributed by atoms with Crippen LogP contribution in [0.1, 0.15) is 20.0 Å². The monoisotopic (exact) mass is 386 g/mol. The highest BCUT2D eigenvalue weighted by atomic mass is 19.1. The van der Waals surface area contributed by atoms with Crippen LogP contribution in [0.3, 0.4) is 0 Å². The lowest BCUT2D eigenvalue weighted by Crippen LogP contribution is -2.46. The Morgan fingerprint density at radius 1 is 1.25 bits per heavy atom. The summed E-state index contributed by atoms with van der Waals surface area (Å²) in [6.07, 6.45) is 0.